The molecule has 0 radical (unpaired) electrons. The van der Waals surface area contributed by atoms with E-state index in [1.54, 1.807) is 26.0 Å². The van der Waals surface area contributed by atoms with Crippen LogP contribution < -0.4 is 10.7 Å². The zero-order valence-corrected chi connectivity index (χ0v) is 12.3. The second-order valence-corrected chi connectivity index (χ2v) is 4.80. The number of hydrogen-bond acceptors (Lipinski definition) is 6. The number of aromatic nitrogens is 1. The minimum atomic E-state index is -0.631. The van der Waals surface area contributed by atoms with E-state index in [0.717, 1.165) is 29.1 Å². The fourth-order valence-corrected chi connectivity index (χ4v) is 2.03. The number of nitriles is 1. The molecule has 1 aromatic carbocycles. The maximum Gasteiger partial charge on any atom is 0.289 e. The number of non-ortho nitro benzene ring substituents is 1. The van der Waals surface area contributed by atoms with E-state index < -0.39 is 16.2 Å². The van der Waals surface area contributed by atoms with Crippen LogP contribution in [0.1, 0.15) is 22.4 Å². The van der Waals surface area contributed by atoms with E-state index in [1.807, 2.05) is 0 Å². The summed E-state index contributed by atoms with van der Waals surface area (Å²) in [6.07, 6.45) is 1.07. The van der Waals surface area contributed by atoms with E-state index >= 15 is 0 Å². The zero-order valence-electron chi connectivity index (χ0n) is 12.3. The average Bonchev–Trinajstić information content (AvgIpc) is 2.48. The molecule has 0 fully saturated rings. The molecule has 0 spiro atoms. The summed E-state index contributed by atoms with van der Waals surface area (Å²) in [5.41, 5.74) is 0.0662. The Labute approximate surface area is 130 Å². The van der Waals surface area contributed by atoms with Gasteiger partial charge in [-0.3, -0.25) is 14.9 Å². The summed E-state index contributed by atoms with van der Waals surface area (Å²) < 4.78 is 0.976. The van der Waals surface area contributed by atoms with E-state index in [-0.39, 0.29) is 16.8 Å². The smallest absolute Gasteiger partial charge is 0.289 e. The Morgan fingerprint density at radius 1 is 1.35 bits per heavy atom. The van der Waals surface area contributed by atoms with Crippen molar-refractivity contribution < 1.29 is 10.0 Å². The maximum absolute atomic E-state index is 12.2. The van der Waals surface area contributed by atoms with Gasteiger partial charge in [-0.1, -0.05) is 11.8 Å². The first-order valence-electron chi connectivity index (χ1n) is 6.48. The van der Waals surface area contributed by atoms with Gasteiger partial charge in [0.15, 0.2) is 0 Å². The van der Waals surface area contributed by atoms with E-state index in [0.29, 0.717) is 11.3 Å². The summed E-state index contributed by atoms with van der Waals surface area (Å²) in [4.78, 5) is 22.3. The molecule has 0 aliphatic heterocycles. The van der Waals surface area contributed by atoms with Gasteiger partial charge < -0.3 is 5.11 Å². The molecule has 2 aromatic rings. The van der Waals surface area contributed by atoms with E-state index in [1.165, 1.54) is 0 Å². The lowest BCUT2D eigenvalue weighted by Gasteiger charge is -2.10. The number of benzene rings is 1. The quantitative estimate of drug-likeness (QED) is 0.478. The van der Waals surface area contributed by atoms with Gasteiger partial charge in [-0.15, -0.1) is 0 Å². The Balaban J connectivity index is 2.54. The Kier molecular flexibility index (Phi) is 4.23. The van der Waals surface area contributed by atoms with Crippen molar-refractivity contribution in [2.45, 2.75) is 13.8 Å². The third-order valence-electron chi connectivity index (χ3n) is 3.19. The summed E-state index contributed by atoms with van der Waals surface area (Å²) in [5, 5.41) is 35.3. The van der Waals surface area contributed by atoms with Crippen LogP contribution in [-0.2, 0) is 0 Å². The molecule has 0 bridgehead atoms. The monoisotopic (exact) mass is 311 g/mol. The molecule has 0 atom stereocenters. The lowest BCUT2D eigenvalue weighted by Crippen LogP contribution is -2.22. The number of pyridine rings is 1. The Morgan fingerprint density at radius 2 is 2.04 bits per heavy atom. The minimum absolute atomic E-state index is 0.0235. The highest BCUT2D eigenvalue weighted by Crippen LogP contribution is 2.19. The van der Waals surface area contributed by atoms with Crippen LogP contribution >= 0.6 is 0 Å². The molecule has 23 heavy (non-hydrogen) atoms. The van der Waals surface area contributed by atoms with Crippen molar-refractivity contribution in [1.29, 1.82) is 5.26 Å². The SMILES string of the molecule is Cc1cc(C)n(N=Cc2cc([N+](=O)[O-])ccc2[O-])c(=O)c1C#N. The van der Waals surface area contributed by atoms with Crippen molar-refractivity contribution in [3.05, 3.63) is 67.1 Å². The van der Waals surface area contributed by atoms with Crippen LogP contribution in [0.25, 0.3) is 0 Å². The third kappa shape index (κ3) is 3.08. The molecule has 8 nitrogen and oxygen atoms in total. The van der Waals surface area contributed by atoms with Gasteiger partial charge in [-0.25, -0.2) is 4.68 Å². The second-order valence-electron chi connectivity index (χ2n) is 4.80. The van der Waals surface area contributed by atoms with Crippen molar-refractivity contribution in [1.82, 2.24) is 4.68 Å². The number of aryl methyl sites for hydroxylation is 2. The van der Waals surface area contributed by atoms with Gasteiger partial charge in [-0.05, 0) is 31.0 Å². The predicted octanol–water partition coefficient (Wildman–Crippen LogP) is 1.20. The van der Waals surface area contributed by atoms with Gasteiger partial charge in [0.1, 0.15) is 11.6 Å². The number of hydrogen-bond donors (Lipinski definition) is 0. The van der Waals surface area contributed by atoms with Crippen LogP contribution in [0.2, 0.25) is 0 Å². The second kappa shape index (κ2) is 6.11. The molecule has 1 aromatic heterocycles. The highest BCUT2D eigenvalue weighted by atomic mass is 16.6. The van der Waals surface area contributed by atoms with E-state index in [9.17, 15) is 20.0 Å². The average molecular weight is 311 g/mol. The molecule has 8 heteroatoms. The first-order chi connectivity index (χ1) is 10.8. The van der Waals surface area contributed by atoms with E-state index in [2.05, 4.69) is 5.10 Å². The van der Waals surface area contributed by atoms with Gasteiger partial charge in [0.25, 0.3) is 11.2 Å². The number of nitro benzene ring substituents is 1. The summed E-state index contributed by atoms with van der Waals surface area (Å²) >= 11 is 0. The molecule has 0 aliphatic carbocycles. The standard InChI is InChI=1S/C15H12N4O4/c1-9-5-10(2)18(15(21)13(9)7-16)17-8-11-6-12(19(22)23)3-4-14(11)20/h3-6,8,20H,1-2H3/p-1. The van der Waals surface area contributed by atoms with Crippen molar-refractivity contribution in [2.24, 2.45) is 5.10 Å². The lowest BCUT2D eigenvalue weighted by molar-refractivity contribution is -0.385. The topological polar surface area (TPSA) is 124 Å². The summed E-state index contributed by atoms with van der Waals surface area (Å²) in [5.74, 6) is -0.460. The molecule has 0 amide bonds. The van der Waals surface area contributed by atoms with Gasteiger partial charge in [0.05, 0.1) is 11.1 Å². The molecule has 2 rings (SSSR count). The first-order valence-corrected chi connectivity index (χ1v) is 6.48. The lowest BCUT2D eigenvalue weighted by atomic mass is 10.1. The molecule has 0 saturated heterocycles. The predicted molar refractivity (Wildman–Crippen MR) is 80.4 cm³/mol. The van der Waals surface area contributed by atoms with Crippen LogP contribution in [0.15, 0.2) is 34.2 Å². The van der Waals surface area contributed by atoms with Crippen LogP contribution in [0.5, 0.6) is 5.75 Å². The van der Waals surface area contributed by atoms with Crippen molar-refractivity contribution in [3.8, 4) is 11.8 Å². The van der Waals surface area contributed by atoms with E-state index in [4.69, 9.17) is 5.26 Å². The van der Waals surface area contributed by atoms with Gasteiger partial charge in [0, 0.05) is 17.8 Å². The summed E-state index contributed by atoms with van der Waals surface area (Å²) in [7, 11) is 0. The molecule has 116 valence electrons. The van der Waals surface area contributed by atoms with Crippen molar-refractivity contribution in [3.63, 3.8) is 0 Å². The van der Waals surface area contributed by atoms with Gasteiger partial charge >= 0.3 is 0 Å². The molecule has 0 N–H and O–H groups in total. The maximum atomic E-state index is 12.2. The van der Waals surface area contributed by atoms with Crippen molar-refractivity contribution >= 4 is 11.9 Å². The van der Waals surface area contributed by atoms with Gasteiger partial charge in [-0.2, -0.15) is 10.4 Å². The third-order valence-corrected chi connectivity index (χ3v) is 3.19. The van der Waals surface area contributed by atoms with Crippen molar-refractivity contribution in [2.75, 3.05) is 0 Å². The van der Waals surface area contributed by atoms with Crippen LogP contribution in [0, 0.1) is 35.3 Å². The zero-order chi connectivity index (χ0) is 17.1. The Hall–Kier alpha value is -3.47. The summed E-state index contributed by atoms with van der Waals surface area (Å²) in [6, 6.07) is 6.65. The molecular formula is C15H11N4O4-. The number of nitrogens with zero attached hydrogens (tertiary/aromatic N) is 4. The number of nitro groups is 1. The molecule has 0 unspecified atom stereocenters. The fraction of sp³-hybridized carbons (Fsp3) is 0.133. The molecular weight excluding hydrogens is 300 g/mol. The van der Waals surface area contributed by atoms with Crippen LogP contribution in [0.4, 0.5) is 5.69 Å². The number of rotatable bonds is 3. The molecule has 1 heterocycles. The van der Waals surface area contributed by atoms with Gasteiger partial charge in [0.2, 0.25) is 0 Å². The molecule has 0 aliphatic rings. The highest BCUT2D eigenvalue weighted by molar-refractivity contribution is 5.84. The van der Waals surface area contributed by atoms with Crippen LogP contribution in [-0.4, -0.2) is 15.8 Å². The Morgan fingerprint density at radius 3 is 2.65 bits per heavy atom. The Bertz CT molecular complexity index is 922. The fourth-order valence-electron chi connectivity index (χ4n) is 2.03. The first kappa shape index (κ1) is 15.9. The normalized spacial score (nSPS) is 10.7. The molecule has 0 saturated carbocycles. The summed E-state index contributed by atoms with van der Waals surface area (Å²) in [6.45, 7) is 3.26. The van der Waals surface area contributed by atoms with Crippen LogP contribution in [0.3, 0.4) is 0 Å². The largest absolute Gasteiger partial charge is 0.872 e. The highest BCUT2D eigenvalue weighted by Gasteiger charge is 2.09. The minimum Gasteiger partial charge on any atom is -0.872 e.